The SMILES string of the molecule is CCC(CC)CCCCCc1ncn[nH]1. The molecule has 0 aliphatic rings. The topological polar surface area (TPSA) is 41.6 Å². The number of H-pyrrole nitrogens is 1. The molecular formula is C12H23N3. The van der Waals surface area contributed by atoms with Gasteiger partial charge in [-0.25, -0.2) is 4.98 Å². The summed E-state index contributed by atoms with van der Waals surface area (Å²) in [5, 5.41) is 6.74. The highest BCUT2D eigenvalue weighted by molar-refractivity contribution is 4.79. The lowest BCUT2D eigenvalue weighted by Gasteiger charge is -2.10. The molecule has 3 heteroatoms. The lowest BCUT2D eigenvalue weighted by molar-refractivity contribution is 0.429. The van der Waals surface area contributed by atoms with E-state index in [1.807, 2.05) is 0 Å². The minimum Gasteiger partial charge on any atom is -0.263 e. The van der Waals surface area contributed by atoms with Crippen LogP contribution in [0.3, 0.4) is 0 Å². The van der Waals surface area contributed by atoms with E-state index in [4.69, 9.17) is 0 Å². The average molecular weight is 209 g/mol. The molecule has 0 aliphatic heterocycles. The molecule has 1 aromatic rings. The van der Waals surface area contributed by atoms with Gasteiger partial charge in [-0.15, -0.1) is 0 Å². The first-order valence-electron chi connectivity index (χ1n) is 6.21. The number of nitrogens with one attached hydrogen (secondary N) is 1. The van der Waals surface area contributed by atoms with Crippen molar-refractivity contribution in [2.45, 2.75) is 58.8 Å². The van der Waals surface area contributed by atoms with E-state index in [1.54, 1.807) is 6.33 Å². The van der Waals surface area contributed by atoms with Crippen molar-refractivity contribution in [1.29, 1.82) is 0 Å². The number of hydrogen-bond acceptors (Lipinski definition) is 2. The second-order valence-corrected chi connectivity index (χ2v) is 4.21. The van der Waals surface area contributed by atoms with Gasteiger partial charge in [0, 0.05) is 6.42 Å². The zero-order chi connectivity index (χ0) is 10.9. The van der Waals surface area contributed by atoms with E-state index in [1.165, 1.54) is 38.5 Å². The second-order valence-electron chi connectivity index (χ2n) is 4.21. The Hall–Kier alpha value is -0.860. The van der Waals surface area contributed by atoms with Crippen LogP contribution in [0.25, 0.3) is 0 Å². The zero-order valence-electron chi connectivity index (χ0n) is 10.00. The Morgan fingerprint density at radius 2 is 2.00 bits per heavy atom. The number of nitrogens with zero attached hydrogens (tertiary/aromatic N) is 2. The quantitative estimate of drug-likeness (QED) is 0.667. The van der Waals surface area contributed by atoms with Gasteiger partial charge in [0.2, 0.25) is 0 Å². The van der Waals surface area contributed by atoms with E-state index >= 15 is 0 Å². The molecule has 0 unspecified atom stereocenters. The fourth-order valence-electron chi connectivity index (χ4n) is 1.95. The van der Waals surface area contributed by atoms with Crippen LogP contribution in [0.1, 0.15) is 58.2 Å². The molecule has 86 valence electrons. The van der Waals surface area contributed by atoms with Gasteiger partial charge in [-0.1, -0.05) is 46.0 Å². The molecular weight excluding hydrogens is 186 g/mol. The van der Waals surface area contributed by atoms with Crippen LogP contribution in [0.2, 0.25) is 0 Å². The minimum absolute atomic E-state index is 0.940. The summed E-state index contributed by atoms with van der Waals surface area (Å²) in [4.78, 5) is 4.11. The van der Waals surface area contributed by atoms with Crippen LogP contribution in [-0.4, -0.2) is 15.2 Å². The van der Waals surface area contributed by atoms with Crippen molar-refractivity contribution >= 4 is 0 Å². The van der Waals surface area contributed by atoms with E-state index in [-0.39, 0.29) is 0 Å². The minimum atomic E-state index is 0.940. The lowest BCUT2D eigenvalue weighted by Crippen LogP contribution is -1.97. The molecule has 0 aliphatic carbocycles. The van der Waals surface area contributed by atoms with Crippen molar-refractivity contribution in [3.8, 4) is 0 Å². The Bertz CT molecular complexity index is 227. The fraction of sp³-hybridized carbons (Fsp3) is 0.833. The maximum absolute atomic E-state index is 4.11. The normalized spacial score (nSPS) is 11.1. The van der Waals surface area contributed by atoms with Gasteiger partial charge in [-0.3, -0.25) is 5.10 Å². The van der Waals surface area contributed by atoms with Crippen molar-refractivity contribution in [1.82, 2.24) is 15.2 Å². The van der Waals surface area contributed by atoms with Gasteiger partial charge in [0.25, 0.3) is 0 Å². The van der Waals surface area contributed by atoms with Gasteiger partial charge in [-0.05, 0) is 12.3 Å². The molecule has 0 radical (unpaired) electrons. The molecule has 0 amide bonds. The summed E-state index contributed by atoms with van der Waals surface area (Å²) in [5.41, 5.74) is 0. The summed E-state index contributed by atoms with van der Waals surface area (Å²) in [5.74, 6) is 1.97. The van der Waals surface area contributed by atoms with Crippen molar-refractivity contribution in [3.05, 3.63) is 12.2 Å². The highest BCUT2D eigenvalue weighted by Gasteiger charge is 2.02. The van der Waals surface area contributed by atoms with Crippen LogP contribution in [0.5, 0.6) is 0 Å². The summed E-state index contributed by atoms with van der Waals surface area (Å²) < 4.78 is 0. The van der Waals surface area contributed by atoms with Crippen molar-refractivity contribution in [2.75, 3.05) is 0 Å². The maximum atomic E-state index is 4.11. The molecule has 1 rings (SSSR count). The predicted molar refractivity (Wildman–Crippen MR) is 62.6 cm³/mol. The summed E-state index contributed by atoms with van der Waals surface area (Å²) in [6.07, 6.45) is 10.6. The first kappa shape index (κ1) is 12.2. The molecule has 0 aromatic carbocycles. The smallest absolute Gasteiger partial charge is 0.137 e. The van der Waals surface area contributed by atoms with Gasteiger partial charge in [0.1, 0.15) is 12.2 Å². The summed E-state index contributed by atoms with van der Waals surface area (Å²) >= 11 is 0. The Balaban J connectivity index is 1.97. The number of unbranched alkanes of at least 4 members (excludes halogenated alkanes) is 2. The molecule has 1 aromatic heterocycles. The summed E-state index contributed by atoms with van der Waals surface area (Å²) in [6.45, 7) is 4.59. The number of hydrogen-bond donors (Lipinski definition) is 1. The number of aromatic amines is 1. The average Bonchev–Trinajstić information content (AvgIpc) is 2.76. The van der Waals surface area contributed by atoms with E-state index in [0.29, 0.717) is 0 Å². The highest BCUT2D eigenvalue weighted by Crippen LogP contribution is 2.16. The van der Waals surface area contributed by atoms with E-state index in [9.17, 15) is 0 Å². The Morgan fingerprint density at radius 3 is 2.60 bits per heavy atom. The largest absolute Gasteiger partial charge is 0.263 e. The lowest BCUT2D eigenvalue weighted by atomic mass is 9.96. The molecule has 3 nitrogen and oxygen atoms in total. The summed E-state index contributed by atoms with van der Waals surface area (Å²) in [6, 6.07) is 0. The maximum Gasteiger partial charge on any atom is 0.137 e. The number of aromatic nitrogens is 3. The third-order valence-corrected chi connectivity index (χ3v) is 3.15. The van der Waals surface area contributed by atoms with E-state index in [0.717, 1.165) is 18.2 Å². The van der Waals surface area contributed by atoms with Crippen LogP contribution < -0.4 is 0 Å². The molecule has 15 heavy (non-hydrogen) atoms. The van der Waals surface area contributed by atoms with Crippen LogP contribution >= 0.6 is 0 Å². The van der Waals surface area contributed by atoms with E-state index < -0.39 is 0 Å². The van der Waals surface area contributed by atoms with Crippen LogP contribution in [-0.2, 0) is 6.42 Å². The fourth-order valence-corrected chi connectivity index (χ4v) is 1.95. The summed E-state index contributed by atoms with van der Waals surface area (Å²) in [7, 11) is 0. The second kappa shape index (κ2) is 7.43. The molecule has 0 bridgehead atoms. The standard InChI is InChI=1S/C12H23N3/c1-3-11(4-2)8-6-5-7-9-12-13-10-14-15-12/h10-11H,3-9H2,1-2H3,(H,13,14,15). The molecule has 0 fully saturated rings. The Morgan fingerprint density at radius 1 is 1.20 bits per heavy atom. The molecule has 0 saturated heterocycles. The molecule has 1 heterocycles. The van der Waals surface area contributed by atoms with Gasteiger partial charge in [-0.2, -0.15) is 5.10 Å². The molecule has 1 N–H and O–H groups in total. The Kier molecular flexibility index (Phi) is 6.05. The van der Waals surface area contributed by atoms with Crippen LogP contribution in [0.15, 0.2) is 6.33 Å². The highest BCUT2D eigenvalue weighted by atomic mass is 15.2. The predicted octanol–water partition coefficient (Wildman–Crippen LogP) is 3.34. The van der Waals surface area contributed by atoms with Gasteiger partial charge >= 0.3 is 0 Å². The van der Waals surface area contributed by atoms with Crippen molar-refractivity contribution < 1.29 is 0 Å². The molecule has 0 spiro atoms. The third-order valence-electron chi connectivity index (χ3n) is 3.15. The third kappa shape index (κ3) is 4.96. The van der Waals surface area contributed by atoms with E-state index in [2.05, 4.69) is 29.0 Å². The van der Waals surface area contributed by atoms with Crippen LogP contribution in [0.4, 0.5) is 0 Å². The molecule has 0 atom stereocenters. The monoisotopic (exact) mass is 209 g/mol. The first-order valence-corrected chi connectivity index (χ1v) is 6.21. The van der Waals surface area contributed by atoms with Crippen LogP contribution in [0, 0.1) is 5.92 Å². The van der Waals surface area contributed by atoms with Crippen molar-refractivity contribution in [3.63, 3.8) is 0 Å². The van der Waals surface area contributed by atoms with Gasteiger partial charge in [0.05, 0.1) is 0 Å². The zero-order valence-corrected chi connectivity index (χ0v) is 10.00. The van der Waals surface area contributed by atoms with Gasteiger partial charge in [0.15, 0.2) is 0 Å². The Labute approximate surface area is 92.7 Å². The molecule has 0 saturated carbocycles. The number of aryl methyl sites for hydroxylation is 1. The first-order chi connectivity index (χ1) is 7.36. The van der Waals surface area contributed by atoms with Crippen molar-refractivity contribution in [2.24, 2.45) is 5.92 Å². The number of rotatable bonds is 8. The van der Waals surface area contributed by atoms with Gasteiger partial charge < -0.3 is 0 Å².